The number of halogens is 1. The van der Waals surface area contributed by atoms with Crippen molar-refractivity contribution >= 4 is 45.7 Å². The topological polar surface area (TPSA) is 59.7 Å². The minimum atomic E-state index is -0.679. The molecule has 0 bridgehead atoms. The summed E-state index contributed by atoms with van der Waals surface area (Å²) in [6, 6.07) is 19.2. The molecule has 214 valence electrons. The highest BCUT2D eigenvalue weighted by molar-refractivity contribution is 7.10. The van der Waals surface area contributed by atoms with Gasteiger partial charge in [0.05, 0.1) is 11.5 Å². The number of rotatable bonds is 6. The van der Waals surface area contributed by atoms with Crippen molar-refractivity contribution in [2.45, 2.75) is 49.6 Å². The van der Waals surface area contributed by atoms with Gasteiger partial charge in [-0.1, -0.05) is 48.0 Å². The first-order valence-electron chi connectivity index (χ1n) is 14.4. The fourth-order valence-corrected chi connectivity index (χ4v) is 8.19. The van der Waals surface area contributed by atoms with Crippen LogP contribution < -0.4 is 0 Å². The number of nitrogens with one attached hydrogen (secondary N) is 1. The van der Waals surface area contributed by atoms with E-state index in [1.165, 1.54) is 10.4 Å². The average Bonchev–Trinajstić information content (AvgIpc) is 3.66. The Hall–Kier alpha value is -3.13. The molecule has 2 unspecified atom stereocenters. The normalized spacial score (nSPS) is 19.2. The molecular weight excluding hydrogens is 552 g/mol. The van der Waals surface area contributed by atoms with Gasteiger partial charge in [-0.2, -0.15) is 0 Å². The predicted molar refractivity (Wildman–Crippen MR) is 166 cm³/mol. The molecular formula is C33H37ClN4O2S. The zero-order valence-electron chi connectivity index (χ0n) is 23.9. The number of H-pyrrole nitrogens is 1. The van der Waals surface area contributed by atoms with E-state index in [9.17, 15) is 9.59 Å². The zero-order chi connectivity index (χ0) is 28.7. The van der Waals surface area contributed by atoms with Crippen LogP contribution in [0.2, 0.25) is 5.02 Å². The lowest BCUT2D eigenvalue weighted by molar-refractivity contribution is -0.147. The monoisotopic (exact) mass is 588 g/mol. The Morgan fingerprint density at radius 2 is 1.80 bits per heavy atom. The second kappa shape index (κ2) is 11.3. The highest BCUT2D eigenvalue weighted by atomic mass is 35.5. The molecule has 8 heteroatoms. The Bertz CT molecular complexity index is 1540. The van der Waals surface area contributed by atoms with E-state index in [2.05, 4.69) is 41.5 Å². The van der Waals surface area contributed by atoms with Crippen LogP contribution in [0.1, 0.15) is 59.3 Å². The number of aromatic nitrogens is 1. The second-order valence-electron chi connectivity index (χ2n) is 11.6. The zero-order valence-corrected chi connectivity index (χ0v) is 25.5. The minimum Gasteiger partial charge on any atom is -0.357 e. The van der Waals surface area contributed by atoms with Crippen molar-refractivity contribution in [3.05, 3.63) is 92.8 Å². The summed E-state index contributed by atoms with van der Waals surface area (Å²) in [6.07, 6.45) is 4.30. The van der Waals surface area contributed by atoms with Gasteiger partial charge >= 0.3 is 0 Å². The van der Waals surface area contributed by atoms with Gasteiger partial charge in [-0.3, -0.25) is 14.5 Å². The quantitative estimate of drug-likeness (QED) is 0.277. The first-order valence-corrected chi connectivity index (χ1v) is 15.7. The van der Waals surface area contributed by atoms with Gasteiger partial charge in [-0.25, -0.2) is 0 Å². The lowest BCUT2D eigenvalue weighted by atomic mass is 9.84. The standard InChI is InChI=1S/C33H37ClN4O2S/c1-36(2)33(28-13-8-20-41-28)16-18-38(19-17-33)32(40)30(22-9-5-4-6-10-22)37(3)31(39)25-12-7-11-24-26-21-23(34)14-15-27(26)35-29(24)25/h4-6,8-10,13-15,20-21,25,30,35H,7,11-12,16-19H2,1-3H3. The molecule has 1 fully saturated rings. The molecule has 1 aliphatic heterocycles. The fraction of sp³-hybridized carbons (Fsp3) is 0.394. The molecule has 2 amide bonds. The predicted octanol–water partition coefficient (Wildman–Crippen LogP) is 6.58. The Labute approximate surface area is 250 Å². The van der Waals surface area contributed by atoms with Crippen LogP contribution in [0.15, 0.2) is 66.0 Å². The van der Waals surface area contributed by atoms with Crippen molar-refractivity contribution in [3.63, 3.8) is 0 Å². The summed E-state index contributed by atoms with van der Waals surface area (Å²) in [4.78, 5) is 39.4. The smallest absolute Gasteiger partial charge is 0.250 e. The number of aryl methyl sites for hydroxylation is 1. The number of amides is 2. The molecule has 2 aromatic heterocycles. The summed E-state index contributed by atoms with van der Waals surface area (Å²) in [5.41, 5.74) is 3.91. The maximum absolute atomic E-state index is 14.3. The van der Waals surface area contributed by atoms with Gasteiger partial charge in [0, 0.05) is 46.6 Å². The third-order valence-corrected chi connectivity index (χ3v) is 10.6. The number of aromatic amines is 1. The molecule has 0 saturated carbocycles. The number of benzene rings is 2. The van der Waals surface area contributed by atoms with Crippen molar-refractivity contribution in [3.8, 4) is 0 Å². The molecule has 6 rings (SSSR count). The van der Waals surface area contributed by atoms with Crippen molar-refractivity contribution in [1.82, 2.24) is 19.7 Å². The van der Waals surface area contributed by atoms with Crippen LogP contribution in [-0.2, 0) is 21.5 Å². The van der Waals surface area contributed by atoms with Gasteiger partial charge in [0.25, 0.3) is 0 Å². The van der Waals surface area contributed by atoms with Crippen LogP contribution in [0.3, 0.4) is 0 Å². The van der Waals surface area contributed by atoms with E-state index in [0.717, 1.165) is 54.3 Å². The van der Waals surface area contributed by atoms with Crippen molar-refractivity contribution < 1.29 is 9.59 Å². The molecule has 1 N–H and O–H groups in total. The van der Waals surface area contributed by atoms with Crippen molar-refractivity contribution in [2.24, 2.45) is 0 Å². The highest BCUT2D eigenvalue weighted by Crippen LogP contribution is 2.42. The molecule has 6 nitrogen and oxygen atoms in total. The molecule has 1 saturated heterocycles. The molecule has 2 atom stereocenters. The minimum absolute atomic E-state index is 0.00922. The molecule has 41 heavy (non-hydrogen) atoms. The third-order valence-electron chi connectivity index (χ3n) is 9.29. The largest absolute Gasteiger partial charge is 0.357 e. The lowest BCUT2D eigenvalue weighted by Gasteiger charge is -2.46. The van der Waals surface area contributed by atoms with Crippen LogP contribution in [0.4, 0.5) is 0 Å². The molecule has 2 aromatic carbocycles. The number of nitrogens with zero attached hydrogens (tertiary/aromatic N) is 3. The molecule has 0 radical (unpaired) electrons. The van der Waals surface area contributed by atoms with Gasteiger partial charge in [-0.15, -0.1) is 11.3 Å². The fourth-order valence-electron chi connectivity index (χ4n) is 6.95. The van der Waals surface area contributed by atoms with Gasteiger partial charge in [0.15, 0.2) is 0 Å². The van der Waals surface area contributed by atoms with E-state index in [-0.39, 0.29) is 23.3 Å². The van der Waals surface area contributed by atoms with E-state index in [1.807, 2.05) is 53.4 Å². The number of thiophene rings is 1. The Morgan fingerprint density at radius 3 is 2.49 bits per heavy atom. The number of carbonyl (C=O) groups is 2. The third kappa shape index (κ3) is 4.98. The number of likely N-dealkylation sites (N-methyl/N-ethyl adjacent to an activating group) is 1. The van der Waals surface area contributed by atoms with Gasteiger partial charge in [0.1, 0.15) is 6.04 Å². The van der Waals surface area contributed by atoms with Crippen molar-refractivity contribution in [1.29, 1.82) is 0 Å². The van der Waals surface area contributed by atoms with Crippen LogP contribution in [0, 0.1) is 0 Å². The van der Waals surface area contributed by atoms with E-state index >= 15 is 0 Å². The number of hydrogen-bond acceptors (Lipinski definition) is 4. The Balaban J connectivity index is 1.28. The highest BCUT2D eigenvalue weighted by Gasteiger charge is 2.43. The Kier molecular flexibility index (Phi) is 7.70. The van der Waals surface area contributed by atoms with Crippen LogP contribution in [-0.4, -0.2) is 65.7 Å². The molecule has 1 aliphatic carbocycles. The van der Waals surface area contributed by atoms with E-state index in [4.69, 9.17) is 11.6 Å². The molecule has 3 heterocycles. The van der Waals surface area contributed by atoms with Gasteiger partial charge < -0.3 is 14.8 Å². The number of piperidine rings is 1. The maximum atomic E-state index is 14.3. The summed E-state index contributed by atoms with van der Waals surface area (Å²) in [5, 5.41) is 3.91. The van der Waals surface area contributed by atoms with Crippen LogP contribution >= 0.6 is 22.9 Å². The summed E-state index contributed by atoms with van der Waals surface area (Å²) in [7, 11) is 6.06. The first kappa shape index (κ1) is 28.0. The molecule has 2 aliphatic rings. The van der Waals surface area contributed by atoms with Gasteiger partial charge in [-0.05, 0) is 87.0 Å². The number of likely N-dealkylation sites (tertiary alicyclic amines) is 1. The maximum Gasteiger partial charge on any atom is 0.250 e. The molecule has 4 aromatic rings. The van der Waals surface area contributed by atoms with E-state index in [0.29, 0.717) is 18.1 Å². The molecule has 0 spiro atoms. The van der Waals surface area contributed by atoms with Gasteiger partial charge in [0.2, 0.25) is 11.8 Å². The van der Waals surface area contributed by atoms with Crippen LogP contribution in [0.5, 0.6) is 0 Å². The summed E-state index contributed by atoms with van der Waals surface area (Å²) >= 11 is 8.10. The first-order chi connectivity index (χ1) is 19.8. The average molecular weight is 589 g/mol. The van der Waals surface area contributed by atoms with E-state index < -0.39 is 6.04 Å². The SMILES string of the molecule is CN(C(=O)C1CCCc2c1[nH]c1ccc(Cl)cc21)C(C(=O)N1CCC(c2cccs2)(N(C)C)CC1)c1ccccc1. The number of hydrogen-bond donors (Lipinski definition) is 1. The summed E-state index contributed by atoms with van der Waals surface area (Å²) < 4.78 is 0. The second-order valence-corrected chi connectivity index (χ2v) is 13.0. The number of carbonyl (C=O) groups excluding carboxylic acids is 2. The van der Waals surface area contributed by atoms with Crippen molar-refractivity contribution in [2.75, 3.05) is 34.2 Å². The lowest BCUT2D eigenvalue weighted by Crippen LogP contribution is -2.53. The summed E-state index contributed by atoms with van der Waals surface area (Å²) in [6.45, 7) is 1.30. The number of fused-ring (bicyclic) bond motifs is 3. The summed E-state index contributed by atoms with van der Waals surface area (Å²) in [5.74, 6) is -0.357. The Morgan fingerprint density at radius 1 is 1.05 bits per heavy atom. The van der Waals surface area contributed by atoms with Crippen LogP contribution in [0.25, 0.3) is 10.9 Å². The van der Waals surface area contributed by atoms with E-state index in [1.54, 1.807) is 23.3 Å².